The summed E-state index contributed by atoms with van der Waals surface area (Å²) in [6, 6.07) is 5.19. The second-order valence-corrected chi connectivity index (χ2v) is 5.87. The molecule has 1 rings (SSSR count). The molecule has 0 bridgehead atoms. The molecule has 0 saturated heterocycles. The number of nitro benzene ring substituents is 1. The molecule has 118 valence electrons. The molecular formula is C12H14N4O4S2. The van der Waals surface area contributed by atoms with Gasteiger partial charge in [0.2, 0.25) is 5.91 Å². The van der Waals surface area contributed by atoms with Gasteiger partial charge in [0.15, 0.2) is 0 Å². The summed E-state index contributed by atoms with van der Waals surface area (Å²) >= 11 is 6.16. The molecule has 8 nitrogen and oxygen atoms in total. The van der Waals surface area contributed by atoms with Crippen LogP contribution >= 0.6 is 24.0 Å². The lowest BCUT2D eigenvalue weighted by Crippen LogP contribution is -2.42. The smallest absolute Gasteiger partial charge is 0.270 e. The van der Waals surface area contributed by atoms with Crippen LogP contribution in [0.2, 0.25) is 0 Å². The first-order valence-corrected chi connectivity index (χ1v) is 7.38. The first kappa shape index (κ1) is 17.9. The van der Waals surface area contributed by atoms with Crippen molar-refractivity contribution in [1.29, 1.82) is 0 Å². The summed E-state index contributed by atoms with van der Waals surface area (Å²) in [5, 5.41) is 10.6. The molecule has 0 spiro atoms. The van der Waals surface area contributed by atoms with Crippen molar-refractivity contribution in [2.45, 2.75) is 0 Å². The van der Waals surface area contributed by atoms with Gasteiger partial charge in [0.1, 0.15) is 4.32 Å². The third kappa shape index (κ3) is 5.66. The molecule has 0 atom stereocenters. The van der Waals surface area contributed by atoms with Crippen LogP contribution < -0.4 is 10.9 Å². The monoisotopic (exact) mass is 342 g/mol. The fourth-order valence-corrected chi connectivity index (χ4v) is 2.01. The molecule has 2 N–H and O–H groups in total. The summed E-state index contributed by atoms with van der Waals surface area (Å²) in [5.74, 6) is -1.03. The van der Waals surface area contributed by atoms with Gasteiger partial charge in [-0.1, -0.05) is 30.0 Å². The number of rotatable bonds is 4. The van der Waals surface area contributed by atoms with Gasteiger partial charge in [0, 0.05) is 31.8 Å². The van der Waals surface area contributed by atoms with E-state index in [0.29, 0.717) is 4.32 Å². The van der Waals surface area contributed by atoms with Crippen LogP contribution in [0.1, 0.15) is 10.4 Å². The third-order valence-electron chi connectivity index (χ3n) is 2.33. The zero-order chi connectivity index (χ0) is 16.7. The molecule has 0 fully saturated rings. The fraction of sp³-hybridized carbons (Fsp3) is 0.250. The Labute approximate surface area is 136 Å². The van der Waals surface area contributed by atoms with Crippen molar-refractivity contribution in [3.05, 3.63) is 39.9 Å². The van der Waals surface area contributed by atoms with Crippen LogP contribution in [-0.4, -0.2) is 45.8 Å². The molecule has 0 heterocycles. The van der Waals surface area contributed by atoms with E-state index in [4.69, 9.17) is 12.2 Å². The number of carbonyl (C=O) groups excluding carboxylic acids is 2. The lowest BCUT2D eigenvalue weighted by molar-refractivity contribution is -0.384. The highest BCUT2D eigenvalue weighted by atomic mass is 32.2. The third-order valence-corrected chi connectivity index (χ3v) is 4.06. The molecule has 1 aromatic carbocycles. The Morgan fingerprint density at radius 2 is 2.05 bits per heavy atom. The van der Waals surface area contributed by atoms with E-state index in [1.807, 2.05) is 0 Å². The number of thioether (sulfide) groups is 1. The van der Waals surface area contributed by atoms with Gasteiger partial charge in [-0.2, -0.15) is 0 Å². The number of non-ortho nitro benzene ring substituents is 1. The maximum atomic E-state index is 11.8. The number of hydrazine groups is 1. The summed E-state index contributed by atoms with van der Waals surface area (Å²) < 4.78 is 0.542. The van der Waals surface area contributed by atoms with E-state index >= 15 is 0 Å². The van der Waals surface area contributed by atoms with Crippen LogP contribution in [0.25, 0.3) is 0 Å². The number of thiocarbonyl (C=S) groups is 1. The summed E-state index contributed by atoms with van der Waals surface area (Å²) in [7, 11) is 3.52. The van der Waals surface area contributed by atoms with Crippen LogP contribution in [0, 0.1) is 10.1 Å². The van der Waals surface area contributed by atoms with Crippen LogP contribution in [0.4, 0.5) is 5.69 Å². The molecule has 0 aliphatic rings. The number of hydrogen-bond donors (Lipinski definition) is 2. The van der Waals surface area contributed by atoms with Crippen LogP contribution in [-0.2, 0) is 4.79 Å². The topological polar surface area (TPSA) is 105 Å². The van der Waals surface area contributed by atoms with E-state index in [1.54, 1.807) is 19.0 Å². The SMILES string of the molecule is CN(C)C(=S)SCC(=O)NNC(=O)c1cccc([N+](=O)[O-])c1. The van der Waals surface area contributed by atoms with Crippen molar-refractivity contribution in [2.75, 3.05) is 19.8 Å². The standard InChI is InChI=1S/C12H14N4O4S2/c1-15(2)12(21)22-7-10(17)13-14-11(18)8-4-3-5-9(6-8)16(19)20/h3-6H,7H2,1-2H3,(H,13,17)(H,14,18). The highest BCUT2D eigenvalue weighted by Crippen LogP contribution is 2.12. The Morgan fingerprint density at radius 1 is 1.36 bits per heavy atom. The molecule has 2 amide bonds. The number of nitrogens with zero attached hydrogens (tertiary/aromatic N) is 2. The summed E-state index contributed by atoms with van der Waals surface area (Å²) in [6.07, 6.45) is 0. The number of benzene rings is 1. The van der Waals surface area contributed by atoms with Gasteiger partial charge >= 0.3 is 0 Å². The van der Waals surface area contributed by atoms with E-state index in [2.05, 4.69) is 10.9 Å². The van der Waals surface area contributed by atoms with E-state index in [1.165, 1.54) is 18.2 Å². The zero-order valence-corrected chi connectivity index (χ0v) is 13.5. The van der Waals surface area contributed by atoms with Crippen LogP contribution in [0.3, 0.4) is 0 Å². The van der Waals surface area contributed by atoms with Gasteiger partial charge in [-0.3, -0.25) is 30.6 Å². The molecular weight excluding hydrogens is 328 g/mol. The molecule has 1 aromatic rings. The predicted octanol–water partition coefficient (Wildman–Crippen LogP) is 0.935. The lowest BCUT2D eigenvalue weighted by atomic mass is 10.2. The minimum absolute atomic E-state index is 0.0478. The molecule has 0 aromatic heterocycles. The highest BCUT2D eigenvalue weighted by Gasteiger charge is 2.12. The molecule has 0 saturated carbocycles. The number of carbonyl (C=O) groups is 2. The van der Waals surface area contributed by atoms with Gasteiger partial charge in [-0.25, -0.2) is 0 Å². The first-order chi connectivity index (χ1) is 10.3. The molecule has 0 unspecified atom stereocenters. The van der Waals surface area contributed by atoms with Gasteiger partial charge in [0.25, 0.3) is 11.6 Å². The minimum atomic E-state index is -0.641. The molecule has 10 heteroatoms. The number of hydrogen-bond acceptors (Lipinski definition) is 6. The van der Waals surface area contributed by atoms with Crippen molar-refractivity contribution in [1.82, 2.24) is 15.8 Å². The van der Waals surface area contributed by atoms with Crippen LogP contribution in [0.15, 0.2) is 24.3 Å². The van der Waals surface area contributed by atoms with E-state index in [0.717, 1.165) is 17.8 Å². The van der Waals surface area contributed by atoms with Gasteiger partial charge in [-0.15, -0.1) is 0 Å². The number of amides is 2. The van der Waals surface area contributed by atoms with Crippen molar-refractivity contribution in [2.24, 2.45) is 0 Å². The maximum Gasteiger partial charge on any atom is 0.270 e. The molecule has 0 aliphatic heterocycles. The minimum Gasteiger partial charge on any atom is -0.364 e. The Bertz CT molecular complexity index is 607. The van der Waals surface area contributed by atoms with E-state index in [-0.39, 0.29) is 17.0 Å². The lowest BCUT2D eigenvalue weighted by Gasteiger charge is -2.12. The molecule has 0 radical (unpaired) electrons. The summed E-state index contributed by atoms with van der Waals surface area (Å²) in [5.41, 5.74) is 4.28. The summed E-state index contributed by atoms with van der Waals surface area (Å²) in [6.45, 7) is 0. The predicted molar refractivity (Wildman–Crippen MR) is 87.4 cm³/mol. The van der Waals surface area contributed by atoms with Gasteiger partial charge in [0.05, 0.1) is 10.7 Å². The average Bonchev–Trinajstić information content (AvgIpc) is 2.50. The summed E-state index contributed by atoms with van der Waals surface area (Å²) in [4.78, 5) is 35.0. The highest BCUT2D eigenvalue weighted by molar-refractivity contribution is 8.23. The fourth-order valence-electron chi connectivity index (χ4n) is 1.25. The second-order valence-electron chi connectivity index (χ2n) is 4.26. The second kappa shape index (κ2) is 8.29. The average molecular weight is 342 g/mol. The number of nitrogens with one attached hydrogen (secondary N) is 2. The number of nitro groups is 1. The largest absolute Gasteiger partial charge is 0.364 e. The Hall–Kier alpha value is -2.20. The maximum absolute atomic E-state index is 11.8. The first-order valence-electron chi connectivity index (χ1n) is 5.99. The van der Waals surface area contributed by atoms with Crippen molar-refractivity contribution >= 4 is 45.8 Å². The van der Waals surface area contributed by atoms with Gasteiger partial charge < -0.3 is 4.90 Å². The van der Waals surface area contributed by atoms with E-state index in [9.17, 15) is 19.7 Å². The van der Waals surface area contributed by atoms with Crippen molar-refractivity contribution in [3.8, 4) is 0 Å². The Morgan fingerprint density at radius 3 is 2.64 bits per heavy atom. The quantitative estimate of drug-likeness (QED) is 0.476. The van der Waals surface area contributed by atoms with Crippen LogP contribution in [0.5, 0.6) is 0 Å². The Kier molecular flexibility index (Phi) is 6.73. The zero-order valence-electron chi connectivity index (χ0n) is 11.9. The van der Waals surface area contributed by atoms with Gasteiger partial charge in [-0.05, 0) is 6.07 Å². The Balaban J connectivity index is 2.49. The normalized spacial score (nSPS) is 9.73. The van der Waals surface area contributed by atoms with E-state index < -0.39 is 16.7 Å². The molecule has 22 heavy (non-hydrogen) atoms. The molecule has 0 aliphatic carbocycles. The van der Waals surface area contributed by atoms with Crippen molar-refractivity contribution in [3.63, 3.8) is 0 Å². The van der Waals surface area contributed by atoms with Crippen molar-refractivity contribution < 1.29 is 14.5 Å².